The van der Waals surface area contributed by atoms with Crippen LogP contribution in [0.3, 0.4) is 0 Å². The Bertz CT molecular complexity index is 1680. The van der Waals surface area contributed by atoms with Gasteiger partial charge in [0.05, 0.1) is 58.5 Å². The van der Waals surface area contributed by atoms with Crippen molar-refractivity contribution >= 4 is 45.3 Å². The predicted molar refractivity (Wildman–Crippen MR) is 149 cm³/mol. The molecule has 1 amide bonds. The Hall–Kier alpha value is -3.78. The summed E-state index contributed by atoms with van der Waals surface area (Å²) in [5.74, 6) is 0.188. The van der Waals surface area contributed by atoms with Gasteiger partial charge in [-0.2, -0.15) is 5.10 Å². The third-order valence-electron chi connectivity index (χ3n) is 6.77. The van der Waals surface area contributed by atoms with E-state index in [0.29, 0.717) is 47.1 Å². The number of imidazole rings is 2. The zero-order chi connectivity index (χ0) is 27.1. The van der Waals surface area contributed by atoms with Gasteiger partial charge in [0.1, 0.15) is 0 Å². The molecule has 13 heteroatoms. The number of nitrogens with zero attached hydrogens (tertiary/aromatic N) is 5. The Morgan fingerprint density at radius 3 is 2.74 bits per heavy atom. The molecule has 0 atom stereocenters. The number of carbonyl (C=O) groups is 1. The third-order valence-corrected chi connectivity index (χ3v) is 7.90. The molecule has 0 radical (unpaired) electrons. The van der Waals surface area contributed by atoms with E-state index in [2.05, 4.69) is 25.4 Å². The highest BCUT2D eigenvalue weighted by molar-refractivity contribution is 7.17. The fourth-order valence-corrected chi connectivity index (χ4v) is 5.75. The molecule has 4 aromatic heterocycles. The van der Waals surface area contributed by atoms with E-state index in [1.54, 1.807) is 32.3 Å². The van der Waals surface area contributed by atoms with Gasteiger partial charge >= 0.3 is 5.69 Å². The van der Waals surface area contributed by atoms with Crippen molar-refractivity contribution in [1.29, 1.82) is 0 Å². The van der Waals surface area contributed by atoms with Crippen molar-refractivity contribution in [3.63, 3.8) is 0 Å². The monoisotopic (exact) mass is 550 g/mol. The summed E-state index contributed by atoms with van der Waals surface area (Å²) in [6, 6.07) is 7.41. The molecule has 1 aliphatic rings. The lowest BCUT2D eigenvalue weighted by atomic mass is 10.1. The maximum atomic E-state index is 13.3. The Morgan fingerprint density at radius 1 is 1.18 bits per heavy atom. The van der Waals surface area contributed by atoms with E-state index in [-0.39, 0.29) is 18.1 Å². The summed E-state index contributed by atoms with van der Waals surface area (Å²) in [5, 5.41) is 20.1. The van der Waals surface area contributed by atoms with Crippen molar-refractivity contribution in [2.24, 2.45) is 0 Å². The Kier molecular flexibility index (Phi) is 6.59. The minimum atomic E-state index is -1.07. The summed E-state index contributed by atoms with van der Waals surface area (Å²) in [6.07, 6.45) is 3.51. The molecule has 12 nitrogen and oxygen atoms in total. The molecular formula is C26H30N8O4S. The van der Waals surface area contributed by atoms with Gasteiger partial charge in [-0.15, -0.1) is 11.3 Å². The van der Waals surface area contributed by atoms with E-state index >= 15 is 0 Å². The van der Waals surface area contributed by atoms with Crippen LogP contribution in [0.4, 0.5) is 5.95 Å². The first-order chi connectivity index (χ1) is 18.7. The van der Waals surface area contributed by atoms with Gasteiger partial charge in [0.15, 0.2) is 0 Å². The number of aromatic amines is 2. The van der Waals surface area contributed by atoms with Gasteiger partial charge in [0.25, 0.3) is 5.91 Å². The highest BCUT2D eigenvalue weighted by Crippen LogP contribution is 2.29. The second-order valence-corrected chi connectivity index (χ2v) is 11.4. The number of nitrogens with one attached hydrogen (secondary N) is 3. The number of carbonyl (C=O) groups excluding carboxylic acids is 1. The van der Waals surface area contributed by atoms with Crippen LogP contribution in [0.25, 0.3) is 32.5 Å². The predicted octanol–water partition coefficient (Wildman–Crippen LogP) is 2.49. The molecule has 4 N–H and O–H groups in total. The number of anilines is 1. The van der Waals surface area contributed by atoms with Gasteiger partial charge in [0, 0.05) is 42.8 Å². The molecule has 0 saturated carbocycles. The normalized spacial score (nSPS) is 14.9. The molecule has 0 bridgehead atoms. The summed E-state index contributed by atoms with van der Waals surface area (Å²) < 4.78 is 8.98. The Balaban J connectivity index is 1.36. The summed E-state index contributed by atoms with van der Waals surface area (Å²) in [4.78, 5) is 37.5. The fraction of sp³-hybridized carbons (Fsp3) is 0.385. The quantitative estimate of drug-likeness (QED) is 0.232. The smallest absolute Gasteiger partial charge is 0.326 e. The molecular weight excluding hydrogens is 520 g/mol. The second kappa shape index (κ2) is 10.1. The minimum absolute atomic E-state index is 0.135. The third kappa shape index (κ3) is 5.26. The molecule has 204 valence electrons. The average Bonchev–Trinajstić information content (AvgIpc) is 3.69. The first-order valence-electron chi connectivity index (χ1n) is 12.8. The van der Waals surface area contributed by atoms with Crippen LogP contribution in [-0.2, 0) is 17.8 Å². The van der Waals surface area contributed by atoms with Crippen LogP contribution in [0, 0.1) is 0 Å². The van der Waals surface area contributed by atoms with Crippen LogP contribution >= 0.6 is 11.3 Å². The van der Waals surface area contributed by atoms with Gasteiger partial charge < -0.3 is 19.4 Å². The topological polar surface area (TPSA) is 146 Å². The zero-order valence-corrected chi connectivity index (χ0v) is 22.5. The standard InChI is InChI=1S/C26H30N8O4S/c1-26(2,37)15-34-20-11-17-19(12-18(20)30-25(34)36)33(6-5-32-7-9-38-10-8-32)24(29-17)31-23(35)22-4-3-21(39-22)16-13-27-28-14-16/h3-4,11-14,37H,5-10,15H2,1-2H3,(H,27,28)(H,30,36)(H,29,31,35). The molecule has 0 aliphatic carbocycles. The van der Waals surface area contributed by atoms with Crippen molar-refractivity contribution in [2.75, 3.05) is 38.2 Å². The molecule has 0 unspecified atom stereocenters. The average molecular weight is 551 g/mol. The lowest BCUT2D eigenvalue weighted by Gasteiger charge is -2.26. The van der Waals surface area contributed by atoms with Gasteiger partial charge in [-0.25, -0.2) is 9.78 Å². The Labute approximate surface area is 227 Å². The number of amides is 1. The van der Waals surface area contributed by atoms with Crippen LogP contribution in [0.5, 0.6) is 0 Å². The molecule has 1 aromatic carbocycles. The van der Waals surface area contributed by atoms with Gasteiger partial charge in [-0.3, -0.25) is 24.7 Å². The maximum absolute atomic E-state index is 13.3. The Morgan fingerprint density at radius 2 is 2.00 bits per heavy atom. The number of thiophene rings is 1. The van der Waals surface area contributed by atoms with Crippen LogP contribution in [0.2, 0.25) is 0 Å². The zero-order valence-electron chi connectivity index (χ0n) is 21.7. The van der Waals surface area contributed by atoms with Crippen molar-refractivity contribution in [3.05, 3.63) is 52.0 Å². The van der Waals surface area contributed by atoms with E-state index in [1.807, 2.05) is 22.8 Å². The number of rotatable bonds is 8. The number of hydrogen-bond donors (Lipinski definition) is 4. The first-order valence-corrected chi connectivity index (χ1v) is 13.6. The van der Waals surface area contributed by atoms with Gasteiger partial charge in [-0.1, -0.05) is 0 Å². The van der Waals surface area contributed by atoms with E-state index < -0.39 is 5.60 Å². The van der Waals surface area contributed by atoms with Crippen molar-refractivity contribution in [2.45, 2.75) is 32.5 Å². The molecule has 1 saturated heterocycles. The molecule has 39 heavy (non-hydrogen) atoms. The number of ether oxygens (including phenoxy) is 1. The second-order valence-electron chi connectivity index (χ2n) is 10.3. The number of aromatic nitrogens is 6. The molecule has 1 aliphatic heterocycles. The van der Waals surface area contributed by atoms with E-state index in [4.69, 9.17) is 9.72 Å². The SMILES string of the molecule is CC(C)(O)Cn1c(=O)[nH]c2cc3c(cc21)nc(NC(=O)c1ccc(-c2cn[nH]c2)s1)n3CCN1CCOCC1. The minimum Gasteiger partial charge on any atom is -0.389 e. The summed E-state index contributed by atoms with van der Waals surface area (Å²) >= 11 is 1.38. The van der Waals surface area contributed by atoms with Crippen LogP contribution in [0.1, 0.15) is 23.5 Å². The number of morpholine rings is 1. The number of H-pyrrole nitrogens is 2. The molecule has 5 aromatic rings. The summed E-state index contributed by atoms with van der Waals surface area (Å²) in [5.41, 5.74) is 2.30. The highest BCUT2D eigenvalue weighted by Gasteiger charge is 2.22. The van der Waals surface area contributed by atoms with Crippen molar-refractivity contribution in [1.82, 2.24) is 34.2 Å². The molecule has 1 fully saturated rings. The largest absolute Gasteiger partial charge is 0.389 e. The number of aliphatic hydroxyl groups is 1. The van der Waals surface area contributed by atoms with Crippen LogP contribution < -0.4 is 11.0 Å². The number of fused-ring (bicyclic) bond motifs is 2. The number of benzene rings is 1. The van der Waals surface area contributed by atoms with Crippen LogP contribution in [-0.4, -0.2) is 83.7 Å². The fourth-order valence-electron chi connectivity index (χ4n) is 4.87. The first kappa shape index (κ1) is 25.5. The van der Waals surface area contributed by atoms with Crippen LogP contribution in [0.15, 0.2) is 41.5 Å². The maximum Gasteiger partial charge on any atom is 0.326 e. The molecule has 0 spiro atoms. The van der Waals surface area contributed by atoms with Gasteiger partial charge in [0.2, 0.25) is 5.95 Å². The summed E-state index contributed by atoms with van der Waals surface area (Å²) in [7, 11) is 0. The van der Waals surface area contributed by atoms with Crippen molar-refractivity contribution in [3.8, 4) is 10.4 Å². The summed E-state index contributed by atoms with van der Waals surface area (Å²) in [6.45, 7) is 7.89. The van der Waals surface area contributed by atoms with Gasteiger partial charge in [-0.05, 0) is 38.1 Å². The highest BCUT2D eigenvalue weighted by atomic mass is 32.1. The lowest BCUT2D eigenvalue weighted by molar-refractivity contribution is 0.0366. The number of hydrogen-bond acceptors (Lipinski definition) is 8. The van der Waals surface area contributed by atoms with E-state index in [0.717, 1.165) is 35.6 Å². The molecule has 5 heterocycles. The van der Waals surface area contributed by atoms with Crippen molar-refractivity contribution < 1.29 is 14.6 Å². The molecule has 6 rings (SSSR count). The van der Waals surface area contributed by atoms with E-state index in [9.17, 15) is 14.7 Å². The lowest BCUT2D eigenvalue weighted by Crippen LogP contribution is -2.38. The van der Waals surface area contributed by atoms with E-state index in [1.165, 1.54) is 15.9 Å².